The number of esters is 2. The Balaban J connectivity index is 2.92. The van der Waals surface area contributed by atoms with Crippen LogP contribution in [0, 0.1) is 0 Å². The van der Waals surface area contributed by atoms with Crippen LogP contribution < -0.4 is 0 Å². The van der Waals surface area contributed by atoms with Gasteiger partial charge in [-0.05, 0) is 12.1 Å². The van der Waals surface area contributed by atoms with E-state index in [0.717, 1.165) is 0 Å². The molecular formula is C8H4O3. The Bertz CT molecular complexity index is 464. The molecule has 1 heterocycles. The first kappa shape index (κ1) is 3.17. The molecule has 3 heteroatoms. The first-order valence-corrected chi connectivity index (χ1v) is 2.82. The van der Waals surface area contributed by atoms with Crippen LogP contribution in [0.4, 0.5) is 0 Å². The Labute approximate surface area is 68.2 Å². The van der Waals surface area contributed by atoms with Crippen LogP contribution in [0.3, 0.4) is 0 Å². The van der Waals surface area contributed by atoms with Gasteiger partial charge in [-0.1, -0.05) is 12.1 Å². The maximum atomic E-state index is 11.1. The van der Waals surface area contributed by atoms with Gasteiger partial charge in [0.1, 0.15) is 0 Å². The van der Waals surface area contributed by atoms with E-state index in [1.165, 1.54) is 0 Å². The number of fused-ring (bicyclic) bond motifs is 1. The van der Waals surface area contributed by atoms with E-state index >= 15 is 0 Å². The molecule has 1 aromatic carbocycles. The molecular weight excluding hydrogens is 150 g/mol. The van der Waals surface area contributed by atoms with Crippen LogP contribution in [0.1, 0.15) is 26.2 Å². The molecule has 1 aromatic rings. The minimum Gasteiger partial charge on any atom is -0.386 e. The number of rotatable bonds is 0. The second-order valence-corrected chi connectivity index (χ2v) is 1.93. The SMILES string of the molecule is [2H][13c]1[13c]([2H])[13c]([2H])[13c]2[13c]([13c]1[2H])C(=O)OC2=O. The Morgan fingerprint density at radius 2 is 1.55 bits per heavy atom. The van der Waals surface area contributed by atoms with Crippen LogP contribution in [0.15, 0.2) is 24.2 Å². The molecule has 0 saturated heterocycles. The van der Waals surface area contributed by atoms with E-state index in [1.54, 1.807) is 0 Å². The highest BCUT2D eigenvalue weighted by atomic mass is 16.6. The van der Waals surface area contributed by atoms with Gasteiger partial charge in [-0.2, -0.15) is 0 Å². The molecule has 54 valence electrons. The van der Waals surface area contributed by atoms with Crippen molar-refractivity contribution in [2.24, 2.45) is 0 Å². The average Bonchev–Trinajstić information content (AvgIpc) is 2.47. The Hall–Kier alpha value is -1.64. The zero-order valence-electron chi connectivity index (χ0n) is 9.22. The molecule has 0 radical (unpaired) electrons. The number of benzene rings is 1. The Morgan fingerprint density at radius 1 is 1.09 bits per heavy atom. The number of carbonyl (C=O) groups excluding carboxylic acids is 2. The number of ether oxygens (including phenoxy) is 1. The third-order valence-corrected chi connectivity index (χ3v) is 1.28. The van der Waals surface area contributed by atoms with E-state index in [0.29, 0.717) is 0 Å². The molecule has 1 aliphatic rings. The Morgan fingerprint density at radius 3 is 2.00 bits per heavy atom. The topological polar surface area (TPSA) is 43.4 Å². The van der Waals surface area contributed by atoms with Crippen molar-refractivity contribution in [1.82, 2.24) is 0 Å². The van der Waals surface area contributed by atoms with Gasteiger partial charge in [0.05, 0.1) is 16.6 Å². The molecule has 0 bridgehead atoms. The maximum absolute atomic E-state index is 11.1. The van der Waals surface area contributed by atoms with Crippen molar-refractivity contribution in [3.8, 4) is 0 Å². The summed E-state index contributed by atoms with van der Waals surface area (Å²) in [4.78, 5) is 22.2. The van der Waals surface area contributed by atoms with Crippen molar-refractivity contribution in [1.29, 1.82) is 0 Å². The van der Waals surface area contributed by atoms with Gasteiger partial charge in [-0.3, -0.25) is 0 Å². The highest BCUT2D eigenvalue weighted by Gasteiger charge is 2.28. The smallest absolute Gasteiger partial charge is 0.346 e. The van der Waals surface area contributed by atoms with Crippen molar-refractivity contribution in [2.45, 2.75) is 0 Å². The van der Waals surface area contributed by atoms with Crippen molar-refractivity contribution in [3.05, 3.63) is 35.3 Å². The molecule has 0 fully saturated rings. The van der Waals surface area contributed by atoms with Gasteiger partial charge in [-0.15, -0.1) is 0 Å². The van der Waals surface area contributed by atoms with Gasteiger partial charge in [0.15, 0.2) is 0 Å². The van der Waals surface area contributed by atoms with E-state index in [-0.39, 0.29) is 11.1 Å². The lowest BCUT2D eigenvalue weighted by molar-refractivity contribution is 0.0444. The van der Waals surface area contributed by atoms with Gasteiger partial charge < -0.3 is 4.74 Å². The molecule has 3 nitrogen and oxygen atoms in total. The highest BCUT2D eigenvalue weighted by molar-refractivity contribution is 6.14. The lowest BCUT2D eigenvalue weighted by Crippen LogP contribution is -1.96. The van der Waals surface area contributed by atoms with Crippen molar-refractivity contribution < 1.29 is 19.8 Å². The molecule has 0 atom stereocenters. The van der Waals surface area contributed by atoms with E-state index in [2.05, 4.69) is 4.74 Å². The van der Waals surface area contributed by atoms with Gasteiger partial charge in [0.25, 0.3) is 0 Å². The second kappa shape index (κ2) is 1.92. The van der Waals surface area contributed by atoms with Gasteiger partial charge in [0.2, 0.25) is 0 Å². The summed E-state index contributed by atoms with van der Waals surface area (Å²) in [5.41, 5.74) is -0.767. The van der Waals surface area contributed by atoms with Gasteiger partial charge in [0, 0.05) is 0 Å². The maximum Gasteiger partial charge on any atom is 0.346 e. The van der Waals surface area contributed by atoms with Crippen molar-refractivity contribution in [2.75, 3.05) is 0 Å². The number of hydrogen-bond acceptors (Lipinski definition) is 3. The minimum atomic E-state index is -1.03. The highest BCUT2D eigenvalue weighted by Crippen LogP contribution is 2.18. The largest absolute Gasteiger partial charge is 0.386 e. The molecule has 1 aliphatic heterocycles. The van der Waals surface area contributed by atoms with E-state index in [9.17, 15) is 9.59 Å². The fourth-order valence-electron chi connectivity index (χ4n) is 0.805. The van der Waals surface area contributed by atoms with Crippen LogP contribution in [0.5, 0.6) is 0 Å². The molecule has 0 amide bonds. The van der Waals surface area contributed by atoms with Crippen LogP contribution in [-0.2, 0) is 4.74 Å². The summed E-state index contributed by atoms with van der Waals surface area (Å²) in [5.74, 6) is -2.05. The number of cyclic esters (lactones) is 2. The summed E-state index contributed by atoms with van der Waals surface area (Å²) >= 11 is 0. The van der Waals surface area contributed by atoms with E-state index in [1.807, 2.05) is 0 Å². The van der Waals surface area contributed by atoms with Crippen LogP contribution in [-0.4, -0.2) is 11.9 Å². The monoisotopic (exact) mass is 158 g/mol. The molecule has 2 rings (SSSR count). The molecule has 0 unspecified atom stereocenters. The normalized spacial score (nSPS) is 19.6. The Kier molecular flexibility index (Phi) is 0.554. The summed E-state index contributed by atoms with van der Waals surface area (Å²) in [6.45, 7) is 0. The lowest BCUT2D eigenvalue weighted by Gasteiger charge is -1.86. The first-order valence-electron chi connectivity index (χ1n) is 4.82. The average molecular weight is 158 g/mol. The number of carbonyl (C=O) groups is 2. The zero-order valence-corrected chi connectivity index (χ0v) is 5.22. The summed E-state index contributed by atoms with van der Waals surface area (Å²) < 4.78 is 33.6. The van der Waals surface area contributed by atoms with Gasteiger partial charge >= 0.3 is 11.9 Å². The quantitative estimate of drug-likeness (QED) is 0.417. The standard InChI is InChI=1S/C8H4O3/c9-7-5-3-1-2-4-6(5)8(10)11-7/h1-4H/i1+1D,2+1D,3+1D,4+1D,5+1,6+1. The summed E-state index contributed by atoms with van der Waals surface area (Å²) in [5, 5.41) is 0. The van der Waals surface area contributed by atoms with Crippen molar-refractivity contribution >= 4 is 11.9 Å². The van der Waals surface area contributed by atoms with E-state index in [4.69, 9.17) is 5.48 Å². The summed E-state index contributed by atoms with van der Waals surface area (Å²) in [6.07, 6.45) is 0. The molecule has 0 N–H and O–H groups in total. The predicted molar refractivity (Wildman–Crippen MR) is 36.2 cm³/mol. The molecule has 0 saturated carbocycles. The summed E-state index contributed by atoms with van der Waals surface area (Å²) in [7, 11) is 0. The summed E-state index contributed by atoms with van der Waals surface area (Å²) in [6, 6.07) is -2.18. The van der Waals surface area contributed by atoms with Crippen molar-refractivity contribution in [3.63, 3.8) is 0 Å². The molecule has 0 spiro atoms. The molecule has 0 aromatic heterocycles. The first-order chi connectivity index (χ1) is 6.95. The van der Waals surface area contributed by atoms with Gasteiger partial charge in [-0.25, -0.2) is 9.59 Å². The van der Waals surface area contributed by atoms with Crippen LogP contribution in [0.2, 0.25) is 0 Å². The number of hydrogen-bond donors (Lipinski definition) is 0. The predicted octanol–water partition coefficient (Wildman–Crippen LogP) is 0.997. The molecule has 0 aliphatic carbocycles. The second-order valence-electron chi connectivity index (χ2n) is 1.93. The third-order valence-electron chi connectivity index (χ3n) is 1.28. The third kappa shape index (κ3) is 0.741. The fourth-order valence-corrected chi connectivity index (χ4v) is 0.805. The van der Waals surface area contributed by atoms with Crippen LogP contribution in [0.25, 0.3) is 0 Å². The van der Waals surface area contributed by atoms with E-state index < -0.39 is 36.1 Å². The zero-order chi connectivity index (χ0) is 11.3. The fraction of sp³-hybridized carbons (Fsp3) is 0. The van der Waals surface area contributed by atoms with Crippen LogP contribution >= 0.6 is 0 Å². The lowest BCUT2D eigenvalue weighted by atomic mass is 10.8. The molecule has 11 heavy (non-hydrogen) atoms. The minimum absolute atomic E-state index is 0.383.